The average molecular weight is 236 g/mol. The summed E-state index contributed by atoms with van der Waals surface area (Å²) < 4.78 is 5.62. The molecule has 0 fully saturated rings. The summed E-state index contributed by atoms with van der Waals surface area (Å²) in [5.41, 5.74) is 7.11. The Morgan fingerprint density at radius 2 is 2.00 bits per heavy atom. The number of nitrogens with two attached hydrogens (primary N) is 1. The van der Waals surface area contributed by atoms with E-state index in [1.165, 1.54) is 5.56 Å². The number of hydrogen-bond acceptors (Lipinski definition) is 3. The molecule has 0 spiro atoms. The lowest BCUT2D eigenvalue weighted by atomic mass is 10.2. The number of rotatable bonds is 8. The van der Waals surface area contributed by atoms with Crippen molar-refractivity contribution in [2.24, 2.45) is 5.73 Å². The van der Waals surface area contributed by atoms with Crippen molar-refractivity contribution < 1.29 is 4.74 Å². The molecule has 1 unspecified atom stereocenters. The highest BCUT2D eigenvalue weighted by atomic mass is 16.5. The van der Waals surface area contributed by atoms with E-state index in [0.717, 1.165) is 26.1 Å². The number of likely N-dealkylation sites (N-methyl/N-ethyl adjacent to an activating group) is 1. The van der Waals surface area contributed by atoms with Crippen LogP contribution in [-0.4, -0.2) is 37.7 Å². The molecule has 0 aliphatic carbocycles. The second kappa shape index (κ2) is 8.23. The minimum Gasteiger partial charge on any atom is -0.375 e. The first-order valence-electron chi connectivity index (χ1n) is 6.28. The normalized spacial score (nSPS) is 12.9. The summed E-state index contributed by atoms with van der Waals surface area (Å²) in [5.74, 6) is 0. The van der Waals surface area contributed by atoms with Crippen molar-refractivity contribution >= 4 is 0 Å². The molecule has 0 aliphatic rings. The molecule has 0 saturated carbocycles. The molecule has 0 heterocycles. The van der Waals surface area contributed by atoms with Gasteiger partial charge < -0.3 is 15.4 Å². The van der Waals surface area contributed by atoms with E-state index in [1.54, 1.807) is 0 Å². The van der Waals surface area contributed by atoms with Crippen LogP contribution in [0.15, 0.2) is 30.3 Å². The van der Waals surface area contributed by atoms with Crippen molar-refractivity contribution in [1.82, 2.24) is 4.90 Å². The van der Waals surface area contributed by atoms with Crippen LogP contribution in [0.1, 0.15) is 18.9 Å². The fourth-order valence-corrected chi connectivity index (χ4v) is 1.61. The Labute approximate surface area is 105 Å². The third kappa shape index (κ3) is 6.41. The third-order valence-electron chi connectivity index (χ3n) is 2.80. The van der Waals surface area contributed by atoms with Gasteiger partial charge in [0.2, 0.25) is 0 Å². The van der Waals surface area contributed by atoms with E-state index in [0.29, 0.717) is 6.61 Å². The highest BCUT2D eigenvalue weighted by Gasteiger charge is 2.04. The van der Waals surface area contributed by atoms with Crippen molar-refractivity contribution in [2.45, 2.75) is 26.0 Å². The number of hydrogen-bond donors (Lipinski definition) is 1. The van der Waals surface area contributed by atoms with Gasteiger partial charge in [-0.25, -0.2) is 0 Å². The fraction of sp³-hybridized carbons (Fsp3) is 0.571. The molecule has 3 nitrogen and oxygen atoms in total. The molecular formula is C14H24N2O. The van der Waals surface area contributed by atoms with Crippen molar-refractivity contribution in [3.63, 3.8) is 0 Å². The zero-order valence-electron chi connectivity index (χ0n) is 10.9. The van der Waals surface area contributed by atoms with Crippen LogP contribution in [0.4, 0.5) is 0 Å². The molecule has 0 bridgehead atoms. The van der Waals surface area contributed by atoms with E-state index in [-0.39, 0.29) is 6.04 Å². The number of ether oxygens (including phenoxy) is 1. The first-order valence-corrected chi connectivity index (χ1v) is 6.28. The van der Waals surface area contributed by atoms with Crippen molar-refractivity contribution in [1.29, 1.82) is 0 Å². The van der Waals surface area contributed by atoms with E-state index in [2.05, 4.69) is 31.0 Å². The van der Waals surface area contributed by atoms with Gasteiger partial charge in [-0.3, -0.25) is 0 Å². The highest BCUT2D eigenvalue weighted by Crippen LogP contribution is 2.00. The lowest BCUT2D eigenvalue weighted by Gasteiger charge is -2.20. The second-order valence-electron chi connectivity index (χ2n) is 4.47. The van der Waals surface area contributed by atoms with Crippen LogP contribution < -0.4 is 5.73 Å². The lowest BCUT2D eigenvalue weighted by molar-refractivity contribution is 0.0981. The number of benzene rings is 1. The van der Waals surface area contributed by atoms with Crippen molar-refractivity contribution in [2.75, 3.05) is 26.7 Å². The highest BCUT2D eigenvalue weighted by molar-refractivity contribution is 5.13. The van der Waals surface area contributed by atoms with Gasteiger partial charge in [-0.2, -0.15) is 0 Å². The zero-order chi connectivity index (χ0) is 12.5. The Morgan fingerprint density at radius 3 is 2.65 bits per heavy atom. The molecule has 0 aromatic heterocycles. The average Bonchev–Trinajstić information content (AvgIpc) is 2.36. The van der Waals surface area contributed by atoms with Gasteiger partial charge >= 0.3 is 0 Å². The Hall–Kier alpha value is -0.900. The predicted octanol–water partition coefficient (Wildman–Crippen LogP) is 1.87. The smallest absolute Gasteiger partial charge is 0.0717 e. The lowest BCUT2D eigenvalue weighted by Crippen LogP contribution is -2.36. The largest absolute Gasteiger partial charge is 0.375 e. The number of nitrogens with zero attached hydrogens (tertiary/aromatic N) is 1. The predicted molar refractivity (Wildman–Crippen MR) is 71.9 cm³/mol. The molecule has 0 radical (unpaired) electrons. The van der Waals surface area contributed by atoms with Gasteiger partial charge in [0.05, 0.1) is 13.2 Å². The maximum absolute atomic E-state index is 5.89. The van der Waals surface area contributed by atoms with E-state index in [9.17, 15) is 0 Å². The third-order valence-corrected chi connectivity index (χ3v) is 2.80. The molecule has 0 amide bonds. The summed E-state index contributed by atoms with van der Waals surface area (Å²) in [6.07, 6.45) is 1.02. The van der Waals surface area contributed by atoms with E-state index in [4.69, 9.17) is 10.5 Å². The van der Waals surface area contributed by atoms with E-state index in [1.807, 2.05) is 18.2 Å². The first kappa shape index (κ1) is 14.2. The van der Waals surface area contributed by atoms with Crippen LogP contribution in [-0.2, 0) is 11.3 Å². The molecule has 1 aromatic carbocycles. The monoisotopic (exact) mass is 236 g/mol. The zero-order valence-corrected chi connectivity index (χ0v) is 10.9. The van der Waals surface area contributed by atoms with Crippen LogP contribution >= 0.6 is 0 Å². The summed E-state index contributed by atoms with van der Waals surface area (Å²) in [7, 11) is 2.08. The molecule has 0 saturated heterocycles. The Bertz CT molecular complexity index is 290. The summed E-state index contributed by atoms with van der Waals surface area (Å²) in [4.78, 5) is 2.22. The summed E-state index contributed by atoms with van der Waals surface area (Å²) in [5, 5.41) is 0. The SMILES string of the molecule is CCC(N)CN(C)CCOCc1ccccc1. The van der Waals surface area contributed by atoms with Crippen LogP contribution in [0, 0.1) is 0 Å². The molecule has 1 rings (SSSR count). The van der Waals surface area contributed by atoms with Crippen molar-refractivity contribution in [3.8, 4) is 0 Å². The standard InChI is InChI=1S/C14H24N2O/c1-3-14(15)11-16(2)9-10-17-12-13-7-5-4-6-8-13/h4-8,14H,3,9-12,15H2,1-2H3. The van der Waals surface area contributed by atoms with E-state index >= 15 is 0 Å². The summed E-state index contributed by atoms with van der Waals surface area (Å²) >= 11 is 0. The Balaban J connectivity index is 2.08. The van der Waals surface area contributed by atoms with E-state index < -0.39 is 0 Å². The maximum Gasteiger partial charge on any atom is 0.0717 e. The Kier molecular flexibility index (Phi) is 6.86. The topological polar surface area (TPSA) is 38.5 Å². The maximum atomic E-state index is 5.89. The molecule has 0 aliphatic heterocycles. The minimum absolute atomic E-state index is 0.272. The van der Waals surface area contributed by atoms with Gasteiger partial charge in [-0.15, -0.1) is 0 Å². The van der Waals surface area contributed by atoms with Gasteiger partial charge in [0.1, 0.15) is 0 Å². The van der Waals surface area contributed by atoms with Gasteiger partial charge in [-0.1, -0.05) is 37.3 Å². The van der Waals surface area contributed by atoms with Gasteiger partial charge in [-0.05, 0) is 19.0 Å². The summed E-state index contributed by atoms with van der Waals surface area (Å²) in [6.45, 7) is 5.42. The van der Waals surface area contributed by atoms with Crippen LogP contribution in [0.25, 0.3) is 0 Å². The van der Waals surface area contributed by atoms with Gasteiger partial charge in [0.25, 0.3) is 0 Å². The van der Waals surface area contributed by atoms with Crippen LogP contribution in [0.3, 0.4) is 0 Å². The minimum atomic E-state index is 0.272. The first-order chi connectivity index (χ1) is 8.22. The van der Waals surface area contributed by atoms with Crippen LogP contribution in [0.5, 0.6) is 0 Å². The van der Waals surface area contributed by atoms with Crippen molar-refractivity contribution in [3.05, 3.63) is 35.9 Å². The van der Waals surface area contributed by atoms with Crippen LogP contribution in [0.2, 0.25) is 0 Å². The molecule has 1 aromatic rings. The second-order valence-corrected chi connectivity index (χ2v) is 4.47. The molecule has 17 heavy (non-hydrogen) atoms. The van der Waals surface area contributed by atoms with Gasteiger partial charge in [0.15, 0.2) is 0 Å². The molecule has 96 valence electrons. The molecule has 3 heteroatoms. The fourth-order valence-electron chi connectivity index (χ4n) is 1.61. The molecular weight excluding hydrogens is 212 g/mol. The van der Waals surface area contributed by atoms with Gasteiger partial charge in [0, 0.05) is 19.1 Å². The Morgan fingerprint density at radius 1 is 1.29 bits per heavy atom. The summed E-state index contributed by atoms with van der Waals surface area (Å²) in [6, 6.07) is 10.5. The quantitative estimate of drug-likeness (QED) is 0.700. The molecule has 1 atom stereocenters. The molecule has 2 N–H and O–H groups in total.